The summed E-state index contributed by atoms with van der Waals surface area (Å²) < 4.78 is 5.11. The quantitative estimate of drug-likeness (QED) is 0.820. The summed E-state index contributed by atoms with van der Waals surface area (Å²) >= 11 is 11.4. The van der Waals surface area contributed by atoms with Crippen LogP contribution in [-0.2, 0) is 0 Å². The zero-order valence-corrected chi connectivity index (χ0v) is 7.77. The van der Waals surface area contributed by atoms with Crippen molar-refractivity contribution in [3.8, 4) is 5.88 Å². The summed E-state index contributed by atoms with van der Waals surface area (Å²) in [7, 11) is 0. The highest BCUT2D eigenvalue weighted by molar-refractivity contribution is 6.35. The lowest BCUT2D eigenvalue weighted by molar-refractivity contribution is 0.316. The van der Waals surface area contributed by atoms with E-state index in [9.17, 15) is 0 Å². The van der Waals surface area contributed by atoms with Crippen molar-refractivity contribution in [3.63, 3.8) is 0 Å². The number of hydrogen-bond acceptors (Lipinski definition) is 3. The predicted octanol–water partition coefficient (Wildman–Crippen LogP) is 1.73. The molecule has 0 unspecified atom stereocenters. The van der Waals surface area contributed by atoms with Crippen LogP contribution >= 0.6 is 23.2 Å². The normalized spacial score (nSPS) is 9.92. The monoisotopic (exact) mass is 206 g/mol. The highest BCUT2D eigenvalue weighted by Crippen LogP contribution is 2.24. The SMILES string of the molecule is NCCOc1ncc(Cl)cc1Cl. The van der Waals surface area contributed by atoms with Gasteiger partial charge in [-0.2, -0.15) is 0 Å². The molecule has 0 aromatic carbocycles. The molecule has 0 aliphatic carbocycles. The van der Waals surface area contributed by atoms with Gasteiger partial charge >= 0.3 is 0 Å². The van der Waals surface area contributed by atoms with E-state index in [1.54, 1.807) is 6.07 Å². The summed E-state index contributed by atoms with van der Waals surface area (Å²) in [5.41, 5.74) is 5.23. The molecule has 5 heteroatoms. The molecular weight excluding hydrogens is 199 g/mol. The Bertz CT molecular complexity index is 268. The van der Waals surface area contributed by atoms with E-state index in [0.717, 1.165) is 0 Å². The van der Waals surface area contributed by atoms with Crippen LogP contribution in [0.3, 0.4) is 0 Å². The van der Waals surface area contributed by atoms with E-state index in [4.69, 9.17) is 33.7 Å². The Hall–Kier alpha value is -0.510. The van der Waals surface area contributed by atoms with Gasteiger partial charge < -0.3 is 10.5 Å². The van der Waals surface area contributed by atoms with Gasteiger partial charge in [0.2, 0.25) is 5.88 Å². The molecular formula is C7H8Cl2N2O. The number of hydrogen-bond donors (Lipinski definition) is 1. The third-order valence-electron chi connectivity index (χ3n) is 1.13. The molecule has 0 saturated heterocycles. The van der Waals surface area contributed by atoms with Crippen LogP contribution in [0.1, 0.15) is 0 Å². The molecule has 0 aliphatic heterocycles. The van der Waals surface area contributed by atoms with Crippen molar-refractivity contribution in [1.82, 2.24) is 4.98 Å². The minimum absolute atomic E-state index is 0.367. The number of aromatic nitrogens is 1. The first-order chi connectivity index (χ1) is 5.74. The number of halogens is 2. The van der Waals surface area contributed by atoms with Crippen LogP contribution in [0, 0.1) is 0 Å². The van der Waals surface area contributed by atoms with E-state index in [0.29, 0.717) is 29.1 Å². The number of rotatable bonds is 3. The van der Waals surface area contributed by atoms with E-state index in [-0.39, 0.29) is 0 Å². The molecule has 0 spiro atoms. The average Bonchev–Trinajstić information content (AvgIpc) is 2.03. The molecule has 12 heavy (non-hydrogen) atoms. The number of nitrogens with zero attached hydrogens (tertiary/aromatic N) is 1. The van der Waals surface area contributed by atoms with Crippen LogP contribution < -0.4 is 10.5 Å². The Balaban J connectivity index is 2.72. The molecule has 0 fully saturated rings. The molecule has 0 bridgehead atoms. The summed E-state index contributed by atoms with van der Waals surface area (Å²) in [6.45, 7) is 0.828. The Labute approximate surface area is 80.4 Å². The van der Waals surface area contributed by atoms with Crippen LogP contribution in [0.5, 0.6) is 5.88 Å². The van der Waals surface area contributed by atoms with Crippen molar-refractivity contribution in [2.45, 2.75) is 0 Å². The van der Waals surface area contributed by atoms with E-state index < -0.39 is 0 Å². The molecule has 1 rings (SSSR count). The number of ether oxygens (including phenoxy) is 1. The largest absolute Gasteiger partial charge is 0.475 e. The minimum atomic E-state index is 0.367. The molecule has 66 valence electrons. The van der Waals surface area contributed by atoms with Gasteiger partial charge in [0, 0.05) is 12.7 Å². The van der Waals surface area contributed by atoms with Crippen molar-refractivity contribution in [3.05, 3.63) is 22.3 Å². The van der Waals surface area contributed by atoms with Crippen LogP contribution in [0.25, 0.3) is 0 Å². The van der Waals surface area contributed by atoms with E-state index in [1.807, 2.05) is 0 Å². The van der Waals surface area contributed by atoms with E-state index in [2.05, 4.69) is 4.98 Å². The minimum Gasteiger partial charge on any atom is -0.475 e. The zero-order valence-electron chi connectivity index (χ0n) is 6.26. The van der Waals surface area contributed by atoms with Gasteiger partial charge in [0.1, 0.15) is 11.6 Å². The van der Waals surface area contributed by atoms with Crippen LogP contribution in [0.2, 0.25) is 10.0 Å². The molecule has 0 atom stereocenters. The van der Waals surface area contributed by atoms with Gasteiger partial charge in [-0.05, 0) is 6.07 Å². The molecule has 2 N–H and O–H groups in total. The lowest BCUT2D eigenvalue weighted by Crippen LogP contribution is -2.11. The standard InChI is InChI=1S/C7H8Cl2N2O/c8-5-3-6(9)7(11-4-5)12-2-1-10/h3-4H,1-2,10H2. The third-order valence-corrected chi connectivity index (χ3v) is 1.61. The second-order valence-corrected chi connectivity index (χ2v) is 2.92. The Morgan fingerprint density at radius 3 is 2.83 bits per heavy atom. The first-order valence-corrected chi connectivity index (χ1v) is 4.13. The van der Waals surface area contributed by atoms with Crippen LogP contribution in [-0.4, -0.2) is 18.1 Å². The molecule has 0 amide bonds. The smallest absolute Gasteiger partial charge is 0.232 e. The summed E-state index contributed by atoms with van der Waals surface area (Å²) in [5.74, 6) is 0.367. The first-order valence-electron chi connectivity index (χ1n) is 3.38. The molecule has 0 radical (unpaired) electrons. The Kier molecular flexibility index (Phi) is 3.59. The second kappa shape index (κ2) is 4.50. The molecule has 0 saturated carbocycles. The molecule has 1 aromatic rings. The lowest BCUT2D eigenvalue weighted by Gasteiger charge is -2.04. The van der Waals surface area contributed by atoms with Crippen molar-refractivity contribution >= 4 is 23.2 Å². The summed E-state index contributed by atoms with van der Waals surface area (Å²) in [4.78, 5) is 3.87. The fourth-order valence-corrected chi connectivity index (χ4v) is 1.10. The Morgan fingerprint density at radius 2 is 2.25 bits per heavy atom. The van der Waals surface area contributed by atoms with E-state index >= 15 is 0 Å². The number of pyridine rings is 1. The van der Waals surface area contributed by atoms with Gasteiger partial charge in [0.15, 0.2) is 0 Å². The van der Waals surface area contributed by atoms with Crippen molar-refractivity contribution in [2.75, 3.05) is 13.2 Å². The third kappa shape index (κ3) is 2.52. The predicted molar refractivity (Wildman–Crippen MR) is 48.8 cm³/mol. The fraction of sp³-hybridized carbons (Fsp3) is 0.286. The van der Waals surface area contributed by atoms with Gasteiger partial charge in [-0.25, -0.2) is 4.98 Å². The summed E-state index contributed by atoms with van der Waals surface area (Å²) in [6.07, 6.45) is 1.47. The van der Waals surface area contributed by atoms with E-state index in [1.165, 1.54) is 6.20 Å². The van der Waals surface area contributed by atoms with Gasteiger partial charge in [0.05, 0.1) is 5.02 Å². The van der Waals surface area contributed by atoms with Gasteiger partial charge in [-0.3, -0.25) is 0 Å². The molecule has 3 nitrogen and oxygen atoms in total. The molecule has 1 heterocycles. The maximum Gasteiger partial charge on any atom is 0.232 e. The lowest BCUT2D eigenvalue weighted by atomic mass is 10.5. The highest BCUT2D eigenvalue weighted by atomic mass is 35.5. The zero-order chi connectivity index (χ0) is 8.97. The molecule has 0 aliphatic rings. The van der Waals surface area contributed by atoms with Crippen molar-refractivity contribution < 1.29 is 4.74 Å². The van der Waals surface area contributed by atoms with Gasteiger partial charge in [-0.15, -0.1) is 0 Å². The molecule has 1 aromatic heterocycles. The number of nitrogens with two attached hydrogens (primary N) is 1. The van der Waals surface area contributed by atoms with Gasteiger partial charge in [-0.1, -0.05) is 23.2 Å². The average molecular weight is 207 g/mol. The summed E-state index contributed by atoms with van der Waals surface area (Å²) in [6, 6.07) is 1.57. The fourth-order valence-electron chi connectivity index (χ4n) is 0.664. The second-order valence-electron chi connectivity index (χ2n) is 2.08. The maximum atomic E-state index is 5.75. The topological polar surface area (TPSA) is 48.1 Å². The van der Waals surface area contributed by atoms with Crippen LogP contribution in [0.4, 0.5) is 0 Å². The maximum absolute atomic E-state index is 5.75. The highest BCUT2D eigenvalue weighted by Gasteiger charge is 2.02. The first kappa shape index (κ1) is 9.58. The van der Waals surface area contributed by atoms with Crippen molar-refractivity contribution in [2.24, 2.45) is 5.73 Å². The Morgan fingerprint density at radius 1 is 1.50 bits per heavy atom. The summed E-state index contributed by atoms with van der Waals surface area (Å²) in [5, 5.41) is 0.885. The van der Waals surface area contributed by atoms with Crippen molar-refractivity contribution in [1.29, 1.82) is 0 Å². The van der Waals surface area contributed by atoms with Crippen LogP contribution in [0.15, 0.2) is 12.3 Å². The van der Waals surface area contributed by atoms with Gasteiger partial charge in [0.25, 0.3) is 0 Å².